The Morgan fingerprint density at radius 3 is 2.49 bits per heavy atom. The van der Waals surface area contributed by atoms with Crippen LogP contribution in [0.2, 0.25) is 0 Å². The molecule has 5 atom stereocenters. The molecule has 0 aromatic heterocycles. The number of Topliss-reactive ketones (excluding diaryl/α,β-unsaturated/α-hetero) is 2. The van der Waals surface area contributed by atoms with Crippen LogP contribution >= 0.6 is 0 Å². The van der Waals surface area contributed by atoms with Crippen molar-refractivity contribution in [2.75, 3.05) is 14.1 Å². The number of hydrogen-bond donors (Lipinski definition) is 5. The lowest BCUT2D eigenvalue weighted by Crippen LogP contribution is -2.65. The Bertz CT molecular complexity index is 1270. The summed E-state index contributed by atoms with van der Waals surface area (Å²) < 4.78 is 15.3. The monoisotopic (exact) mass is 516 g/mol. The van der Waals surface area contributed by atoms with Gasteiger partial charge in [0.2, 0.25) is 5.78 Å². The van der Waals surface area contributed by atoms with Gasteiger partial charge in [0.25, 0.3) is 5.91 Å². The van der Waals surface area contributed by atoms with E-state index < -0.39 is 63.9 Å². The Labute approximate surface area is 214 Å². The van der Waals surface area contributed by atoms with Gasteiger partial charge in [-0.15, -0.1) is 0 Å². The number of carbonyl (C=O) groups excluding carboxylic acids is 3. The molecule has 1 aromatic carbocycles. The minimum Gasteiger partial charge on any atom is -0.508 e. The lowest BCUT2D eigenvalue weighted by molar-refractivity contribution is -0.153. The van der Waals surface area contributed by atoms with E-state index in [0.717, 1.165) is 6.42 Å². The molecule has 10 heteroatoms. The Morgan fingerprint density at radius 2 is 1.92 bits per heavy atom. The number of aromatic hydroxyl groups is 1. The number of likely N-dealkylation sites (N-methyl/N-ethyl adjacent to an activating group) is 1. The lowest BCUT2D eigenvalue weighted by Gasteiger charge is -2.50. The molecule has 3 aliphatic carbocycles. The topological polar surface area (TPSA) is 161 Å². The van der Waals surface area contributed by atoms with E-state index in [0.29, 0.717) is 18.8 Å². The summed E-state index contributed by atoms with van der Waals surface area (Å²) in [4.78, 5) is 40.3. The van der Waals surface area contributed by atoms with Crippen LogP contribution in [0.25, 0.3) is 5.76 Å². The van der Waals surface area contributed by atoms with Crippen molar-refractivity contribution in [3.8, 4) is 5.75 Å². The third kappa shape index (κ3) is 3.85. The zero-order valence-corrected chi connectivity index (χ0v) is 21.3. The number of primary amides is 1. The van der Waals surface area contributed by atoms with E-state index >= 15 is 4.39 Å². The van der Waals surface area contributed by atoms with Crippen molar-refractivity contribution in [2.45, 2.75) is 57.6 Å². The minimum atomic E-state index is -2.72. The molecule has 37 heavy (non-hydrogen) atoms. The minimum absolute atomic E-state index is 0.0374. The normalized spacial score (nSPS) is 28.2. The zero-order chi connectivity index (χ0) is 27.6. The third-order valence-electron chi connectivity index (χ3n) is 8.35. The summed E-state index contributed by atoms with van der Waals surface area (Å²) in [6.07, 6.45) is 1.79. The number of carbonyl (C=O) groups is 3. The Morgan fingerprint density at radius 1 is 1.27 bits per heavy atom. The molecule has 200 valence electrons. The van der Waals surface area contributed by atoms with E-state index in [4.69, 9.17) is 5.73 Å². The van der Waals surface area contributed by atoms with Crippen molar-refractivity contribution in [3.63, 3.8) is 0 Å². The molecular formula is C27H33FN2O7. The number of phenols is 1. The first-order valence-electron chi connectivity index (χ1n) is 12.4. The van der Waals surface area contributed by atoms with Crippen molar-refractivity contribution in [1.29, 1.82) is 0 Å². The highest BCUT2D eigenvalue weighted by molar-refractivity contribution is 6.24. The van der Waals surface area contributed by atoms with Crippen LogP contribution in [-0.4, -0.2) is 68.5 Å². The molecule has 1 unspecified atom stereocenters. The van der Waals surface area contributed by atoms with E-state index in [9.17, 15) is 34.8 Å². The standard InChI is InChI=1S/C27H33FN2O7/c1-5-11(2)6-7-12-10-16(28)14-8-13-9-15-20(30(3)4)23(33)19(26(29)36)25(35)27(15,37)24(34)17(13)22(32)18(14)21(12)31/h10-11,13,15,20,31-32,35,37H,5-9H2,1-4H3,(H2,29,36)/t11?,13-,15-,20-,27-/m0/s1. The van der Waals surface area contributed by atoms with Gasteiger partial charge >= 0.3 is 0 Å². The number of benzene rings is 1. The zero-order valence-electron chi connectivity index (χ0n) is 21.3. The van der Waals surface area contributed by atoms with Gasteiger partial charge in [0.1, 0.15) is 28.7 Å². The third-order valence-corrected chi connectivity index (χ3v) is 8.35. The first-order valence-corrected chi connectivity index (χ1v) is 12.4. The van der Waals surface area contributed by atoms with Crippen molar-refractivity contribution >= 4 is 23.2 Å². The van der Waals surface area contributed by atoms with Crippen LogP contribution in [0.4, 0.5) is 4.39 Å². The fraction of sp³-hybridized carbons (Fsp3) is 0.519. The van der Waals surface area contributed by atoms with Crippen molar-refractivity contribution in [2.24, 2.45) is 23.5 Å². The number of ketones is 2. The van der Waals surface area contributed by atoms with Gasteiger partial charge in [0.05, 0.1) is 11.6 Å². The molecule has 4 rings (SSSR count). The summed E-state index contributed by atoms with van der Waals surface area (Å²) in [5.74, 6) is -7.72. The van der Waals surface area contributed by atoms with Gasteiger partial charge in [0, 0.05) is 17.1 Å². The molecule has 9 nitrogen and oxygen atoms in total. The molecule has 0 heterocycles. The van der Waals surface area contributed by atoms with Crippen LogP contribution < -0.4 is 5.73 Å². The van der Waals surface area contributed by atoms with Crippen molar-refractivity contribution < 1.29 is 39.2 Å². The first-order chi connectivity index (χ1) is 17.3. The summed E-state index contributed by atoms with van der Waals surface area (Å²) >= 11 is 0. The Balaban J connectivity index is 1.90. The number of rotatable bonds is 6. The highest BCUT2D eigenvalue weighted by atomic mass is 19.1. The molecular weight excluding hydrogens is 483 g/mol. The van der Waals surface area contributed by atoms with Crippen LogP contribution in [0.3, 0.4) is 0 Å². The largest absolute Gasteiger partial charge is 0.508 e. The molecule has 1 aromatic rings. The number of nitrogens with zero attached hydrogens (tertiary/aromatic N) is 1. The van der Waals surface area contributed by atoms with E-state index in [1.165, 1.54) is 25.1 Å². The fourth-order valence-electron chi connectivity index (χ4n) is 6.11. The van der Waals surface area contributed by atoms with Crippen LogP contribution in [0.1, 0.15) is 49.8 Å². The fourth-order valence-corrected chi connectivity index (χ4v) is 6.11. The second-order valence-electron chi connectivity index (χ2n) is 10.7. The smallest absolute Gasteiger partial charge is 0.255 e. The number of nitrogens with two attached hydrogens (primary N) is 1. The van der Waals surface area contributed by atoms with E-state index in [1.807, 2.05) is 13.8 Å². The molecule has 0 saturated heterocycles. The lowest BCUT2D eigenvalue weighted by atomic mass is 9.57. The maximum Gasteiger partial charge on any atom is 0.255 e. The van der Waals surface area contributed by atoms with Crippen molar-refractivity contribution in [1.82, 2.24) is 4.90 Å². The maximum atomic E-state index is 15.3. The summed E-state index contributed by atoms with van der Waals surface area (Å²) in [6.45, 7) is 4.05. The van der Waals surface area contributed by atoms with Gasteiger partial charge < -0.3 is 26.2 Å². The molecule has 0 radical (unpaired) electrons. The van der Waals surface area contributed by atoms with E-state index in [-0.39, 0.29) is 40.9 Å². The van der Waals surface area contributed by atoms with Gasteiger partial charge in [-0.3, -0.25) is 19.3 Å². The molecule has 1 saturated carbocycles. The van der Waals surface area contributed by atoms with Gasteiger partial charge in [0.15, 0.2) is 11.4 Å². The highest BCUT2D eigenvalue weighted by Crippen LogP contribution is 2.53. The quantitative estimate of drug-likeness (QED) is 0.359. The average molecular weight is 517 g/mol. The predicted octanol–water partition coefficient (Wildman–Crippen LogP) is 2.08. The molecule has 0 spiro atoms. The van der Waals surface area contributed by atoms with E-state index in [1.54, 1.807) is 0 Å². The SMILES string of the molecule is CCC(C)CCc1cc(F)c2c(c1O)C(O)=C1C(=O)[C@]3(O)C(O)=C(C(N)=O)C(=O)[C@@H](N(C)C)[C@@H]3C[C@@H]1C2. The summed E-state index contributed by atoms with van der Waals surface area (Å²) in [7, 11) is 3.04. The summed E-state index contributed by atoms with van der Waals surface area (Å²) in [5, 5.41) is 44.7. The number of amides is 1. The number of aliphatic hydroxyl groups excluding tert-OH is 2. The molecule has 3 aliphatic rings. The Hall–Kier alpha value is -3.24. The molecule has 0 aliphatic heterocycles. The number of aryl methyl sites for hydroxylation is 1. The number of aliphatic hydroxyl groups is 3. The van der Waals surface area contributed by atoms with Crippen LogP contribution in [0, 0.1) is 23.6 Å². The molecule has 0 bridgehead atoms. The summed E-state index contributed by atoms with van der Waals surface area (Å²) in [5.41, 5.74) is 1.55. The molecule has 1 amide bonds. The molecule has 1 fully saturated rings. The second kappa shape index (κ2) is 9.25. The van der Waals surface area contributed by atoms with Gasteiger partial charge in [-0.25, -0.2) is 4.39 Å². The number of halogens is 1. The van der Waals surface area contributed by atoms with Gasteiger partial charge in [-0.1, -0.05) is 20.3 Å². The van der Waals surface area contributed by atoms with Crippen LogP contribution in [-0.2, 0) is 27.2 Å². The van der Waals surface area contributed by atoms with E-state index in [2.05, 4.69) is 0 Å². The average Bonchev–Trinajstić information content (AvgIpc) is 2.81. The number of hydrogen-bond acceptors (Lipinski definition) is 8. The highest BCUT2D eigenvalue weighted by Gasteiger charge is 2.64. The van der Waals surface area contributed by atoms with Crippen molar-refractivity contribution in [3.05, 3.63) is 45.5 Å². The van der Waals surface area contributed by atoms with Gasteiger partial charge in [-0.2, -0.15) is 0 Å². The first kappa shape index (κ1) is 26.8. The summed E-state index contributed by atoms with van der Waals surface area (Å²) in [6, 6.07) is 0.0645. The number of phenolic OH excluding ortho intramolecular Hbond substituents is 1. The maximum absolute atomic E-state index is 15.3. The molecule has 6 N–H and O–H groups in total. The predicted molar refractivity (Wildman–Crippen MR) is 132 cm³/mol. The number of fused-ring (bicyclic) bond motifs is 3. The second-order valence-corrected chi connectivity index (χ2v) is 10.7. The van der Waals surface area contributed by atoms with Crippen LogP contribution in [0.15, 0.2) is 23.0 Å². The Kier molecular flexibility index (Phi) is 6.71. The van der Waals surface area contributed by atoms with Crippen LogP contribution in [0.5, 0.6) is 5.75 Å². The van der Waals surface area contributed by atoms with Gasteiger partial charge in [-0.05, 0) is 63.2 Å².